The Morgan fingerprint density at radius 3 is 2.76 bits per heavy atom. The van der Waals surface area contributed by atoms with Gasteiger partial charge in [0, 0.05) is 16.1 Å². The van der Waals surface area contributed by atoms with E-state index in [9.17, 15) is 4.39 Å². The number of rotatable bonds is 6. The van der Waals surface area contributed by atoms with Crippen LogP contribution < -0.4 is 5.32 Å². The summed E-state index contributed by atoms with van der Waals surface area (Å²) in [7, 11) is 0. The lowest BCUT2D eigenvalue weighted by atomic mass is 10.1. The third-order valence-electron chi connectivity index (χ3n) is 2.65. The third-order valence-corrected chi connectivity index (χ3v) is 4.04. The Morgan fingerprint density at radius 1 is 1.41 bits per heavy atom. The summed E-state index contributed by atoms with van der Waals surface area (Å²) in [4.78, 5) is 0. The first kappa shape index (κ1) is 15.0. The highest BCUT2D eigenvalue weighted by Crippen LogP contribution is 2.21. The molecule has 2 unspecified atom stereocenters. The topological polar surface area (TPSA) is 12.0 Å². The summed E-state index contributed by atoms with van der Waals surface area (Å²) < 4.78 is 14.5. The Morgan fingerprint density at radius 2 is 2.12 bits per heavy atom. The van der Waals surface area contributed by atoms with Gasteiger partial charge in [-0.15, -0.1) is 0 Å². The maximum absolute atomic E-state index is 13.6. The monoisotopic (exact) mass is 319 g/mol. The molecule has 0 aliphatic heterocycles. The van der Waals surface area contributed by atoms with Gasteiger partial charge in [-0.3, -0.25) is 0 Å². The molecule has 0 bridgehead atoms. The fourth-order valence-corrected chi connectivity index (χ4v) is 2.74. The van der Waals surface area contributed by atoms with Gasteiger partial charge in [-0.05, 0) is 49.6 Å². The van der Waals surface area contributed by atoms with Crippen LogP contribution in [0.5, 0.6) is 0 Å². The molecule has 0 saturated carbocycles. The van der Waals surface area contributed by atoms with Crippen LogP contribution in [-0.2, 0) is 0 Å². The summed E-state index contributed by atoms with van der Waals surface area (Å²) in [6.45, 7) is 5.11. The second-order valence-electron chi connectivity index (χ2n) is 4.36. The van der Waals surface area contributed by atoms with Crippen LogP contribution in [0, 0.1) is 11.7 Å². The predicted molar refractivity (Wildman–Crippen MR) is 78.1 cm³/mol. The molecule has 0 aromatic heterocycles. The molecule has 1 rings (SSSR count). The van der Waals surface area contributed by atoms with E-state index in [1.807, 2.05) is 24.8 Å². The van der Waals surface area contributed by atoms with Gasteiger partial charge in [0.1, 0.15) is 5.82 Å². The number of thioether (sulfide) groups is 1. The first-order chi connectivity index (χ1) is 8.04. The zero-order chi connectivity index (χ0) is 12.8. The molecule has 0 spiro atoms. The van der Waals surface area contributed by atoms with Crippen molar-refractivity contribution in [3.05, 3.63) is 34.1 Å². The highest BCUT2D eigenvalue weighted by atomic mass is 79.9. The van der Waals surface area contributed by atoms with Crippen molar-refractivity contribution in [2.24, 2.45) is 5.92 Å². The van der Waals surface area contributed by atoms with Crippen molar-refractivity contribution >= 4 is 27.7 Å². The van der Waals surface area contributed by atoms with Gasteiger partial charge in [0.2, 0.25) is 0 Å². The van der Waals surface area contributed by atoms with Gasteiger partial charge in [-0.25, -0.2) is 4.39 Å². The average molecular weight is 320 g/mol. The number of nitrogens with one attached hydrogen (secondary N) is 1. The quantitative estimate of drug-likeness (QED) is 0.841. The van der Waals surface area contributed by atoms with E-state index in [-0.39, 0.29) is 11.9 Å². The first-order valence-electron chi connectivity index (χ1n) is 5.72. The summed E-state index contributed by atoms with van der Waals surface area (Å²) in [5.74, 6) is 1.58. The molecule has 0 aliphatic carbocycles. The molecular formula is C13H19BrFNS. The Labute approximate surface area is 116 Å². The zero-order valence-corrected chi connectivity index (χ0v) is 12.9. The SMILES string of the molecule is CSCC(C)CNC(C)c1cc(Br)ccc1F. The molecule has 1 aromatic carbocycles. The van der Waals surface area contributed by atoms with Crippen LogP contribution in [0.15, 0.2) is 22.7 Å². The van der Waals surface area contributed by atoms with Crippen LogP contribution in [0.3, 0.4) is 0 Å². The van der Waals surface area contributed by atoms with Crippen molar-refractivity contribution in [3.8, 4) is 0 Å². The molecule has 0 heterocycles. The Kier molecular flexibility index (Phi) is 6.52. The predicted octanol–water partition coefficient (Wildman–Crippen LogP) is 4.24. The number of hydrogen-bond acceptors (Lipinski definition) is 2. The van der Waals surface area contributed by atoms with E-state index in [1.54, 1.807) is 6.07 Å². The molecule has 0 radical (unpaired) electrons. The molecule has 0 aliphatic rings. The maximum atomic E-state index is 13.6. The molecule has 96 valence electrons. The fraction of sp³-hybridized carbons (Fsp3) is 0.538. The standard InChI is InChI=1S/C13H19BrFNS/c1-9(8-17-3)7-16-10(2)12-6-11(14)4-5-13(12)15/h4-6,9-10,16H,7-8H2,1-3H3. The van der Waals surface area contributed by atoms with Gasteiger partial charge >= 0.3 is 0 Å². The van der Waals surface area contributed by atoms with Crippen LogP contribution in [0.25, 0.3) is 0 Å². The molecule has 1 aromatic rings. The zero-order valence-electron chi connectivity index (χ0n) is 10.5. The average Bonchev–Trinajstić information content (AvgIpc) is 2.29. The van der Waals surface area contributed by atoms with E-state index in [0.29, 0.717) is 5.92 Å². The fourth-order valence-electron chi connectivity index (χ4n) is 1.68. The lowest BCUT2D eigenvalue weighted by molar-refractivity contribution is 0.482. The van der Waals surface area contributed by atoms with Crippen LogP contribution in [0.1, 0.15) is 25.5 Å². The summed E-state index contributed by atoms with van der Waals surface area (Å²) >= 11 is 5.21. The van der Waals surface area contributed by atoms with Gasteiger partial charge < -0.3 is 5.32 Å². The molecule has 17 heavy (non-hydrogen) atoms. The molecule has 0 saturated heterocycles. The molecule has 0 fully saturated rings. The maximum Gasteiger partial charge on any atom is 0.128 e. The van der Waals surface area contributed by atoms with E-state index >= 15 is 0 Å². The van der Waals surface area contributed by atoms with Crippen LogP contribution in [0.2, 0.25) is 0 Å². The minimum absolute atomic E-state index is 0.0387. The molecule has 2 atom stereocenters. The number of benzene rings is 1. The van der Waals surface area contributed by atoms with Crippen molar-refractivity contribution < 1.29 is 4.39 Å². The van der Waals surface area contributed by atoms with Crippen molar-refractivity contribution in [2.45, 2.75) is 19.9 Å². The Hall–Kier alpha value is -0.0600. The molecule has 0 amide bonds. The van der Waals surface area contributed by atoms with Crippen LogP contribution >= 0.6 is 27.7 Å². The molecule has 1 N–H and O–H groups in total. The van der Waals surface area contributed by atoms with Gasteiger partial charge in [-0.1, -0.05) is 22.9 Å². The van der Waals surface area contributed by atoms with E-state index in [4.69, 9.17) is 0 Å². The van der Waals surface area contributed by atoms with Gasteiger partial charge in [0.15, 0.2) is 0 Å². The summed E-state index contributed by atoms with van der Waals surface area (Å²) in [6.07, 6.45) is 2.11. The first-order valence-corrected chi connectivity index (χ1v) is 7.90. The molecule has 4 heteroatoms. The second kappa shape index (κ2) is 7.39. The third kappa shape index (κ3) is 4.98. The summed E-state index contributed by atoms with van der Waals surface area (Å²) in [5, 5.41) is 3.38. The van der Waals surface area contributed by atoms with Crippen molar-refractivity contribution in [3.63, 3.8) is 0 Å². The van der Waals surface area contributed by atoms with Crippen molar-refractivity contribution in [1.29, 1.82) is 0 Å². The number of hydrogen-bond donors (Lipinski definition) is 1. The smallest absolute Gasteiger partial charge is 0.128 e. The normalized spacial score (nSPS) is 14.6. The lowest BCUT2D eigenvalue weighted by Gasteiger charge is -2.18. The summed E-state index contributed by atoms with van der Waals surface area (Å²) in [6, 6.07) is 5.11. The molecular weight excluding hydrogens is 301 g/mol. The van der Waals surface area contributed by atoms with Gasteiger partial charge in [-0.2, -0.15) is 11.8 Å². The van der Waals surface area contributed by atoms with Gasteiger partial charge in [0.25, 0.3) is 0 Å². The molecule has 1 nitrogen and oxygen atoms in total. The Bertz CT molecular complexity index is 359. The largest absolute Gasteiger partial charge is 0.310 e. The highest BCUT2D eigenvalue weighted by molar-refractivity contribution is 9.10. The minimum atomic E-state index is -0.147. The summed E-state index contributed by atoms with van der Waals surface area (Å²) in [5.41, 5.74) is 0.718. The van der Waals surface area contributed by atoms with Crippen molar-refractivity contribution in [1.82, 2.24) is 5.32 Å². The van der Waals surface area contributed by atoms with Crippen molar-refractivity contribution in [2.75, 3.05) is 18.6 Å². The van der Waals surface area contributed by atoms with Crippen LogP contribution in [0.4, 0.5) is 4.39 Å². The van der Waals surface area contributed by atoms with Crippen LogP contribution in [-0.4, -0.2) is 18.6 Å². The number of halogens is 2. The minimum Gasteiger partial charge on any atom is -0.310 e. The second-order valence-corrected chi connectivity index (χ2v) is 6.18. The van der Waals surface area contributed by atoms with E-state index < -0.39 is 0 Å². The van der Waals surface area contributed by atoms with Gasteiger partial charge in [0.05, 0.1) is 0 Å². The van der Waals surface area contributed by atoms with E-state index in [2.05, 4.69) is 34.4 Å². The Balaban J connectivity index is 2.57. The van der Waals surface area contributed by atoms with E-state index in [0.717, 1.165) is 22.3 Å². The lowest BCUT2D eigenvalue weighted by Crippen LogP contribution is -2.26. The highest BCUT2D eigenvalue weighted by Gasteiger charge is 2.12. The van der Waals surface area contributed by atoms with E-state index in [1.165, 1.54) is 6.07 Å².